The molecule has 0 radical (unpaired) electrons. The van der Waals surface area contributed by atoms with Gasteiger partial charge in [-0.25, -0.2) is 9.97 Å². The van der Waals surface area contributed by atoms with Gasteiger partial charge < -0.3 is 15.0 Å². The maximum absolute atomic E-state index is 10.0. The molecule has 0 spiro atoms. The number of hydrogen-bond donors (Lipinski definition) is 2. The minimum absolute atomic E-state index is 0.449. The molecule has 2 aromatic rings. The molecular weight excluding hydrogens is 252 g/mol. The molecule has 20 heavy (non-hydrogen) atoms. The fourth-order valence-electron chi connectivity index (χ4n) is 3.17. The highest BCUT2D eigenvalue weighted by atomic mass is 16.3. The van der Waals surface area contributed by atoms with Gasteiger partial charge in [0.25, 0.3) is 0 Å². The fourth-order valence-corrected chi connectivity index (χ4v) is 3.17. The molecule has 1 saturated carbocycles. The quantitative estimate of drug-likeness (QED) is 0.903. The third-order valence-corrected chi connectivity index (χ3v) is 4.17. The Bertz CT molecular complexity index is 599. The Balaban J connectivity index is 2.15. The number of aliphatic hydroxyl groups excluding tert-OH is 1. The molecule has 3 rings (SSSR count). The van der Waals surface area contributed by atoms with E-state index in [1.165, 1.54) is 32.1 Å². The van der Waals surface area contributed by atoms with Crippen molar-refractivity contribution in [1.29, 1.82) is 0 Å². The van der Waals surface area contributed by atoms with Gasteiger partial charge in [0.15, 0.2) is 0 Å². The molecule has 2 heterocycles. The Labute approximate surface area is 119 Å². The number of imidazole rings is 1. The van der Waals surface area contributed by atoms with Crippen LogP contribution in [0.2, 0.25) is 0 Å². The summed E-state index contributed by atoms with van der Waals surface area (Å²) in [6.45, 7) is 1.78. The number of nitrogens with zero attached hydrogens (tertiary/aromatic N) is 3. The summed E-state index contributed by atoms with van der Waals surface area (Å²) in [6.07, 6.45) is 7.40. The zero-order valence-corrected chi connectivity index (χ0v) is 12.1. The summed E-state index contributed by atoms with van der Waals surface area (Å²) in [5.74, 6) is 1.61. The molecular formula is C15H22N4O. The van der Waals surface area contributed by atoms with Crippen molar-refractivity contribution in [2.45, 2.75) is 51.2 Å². The van der Waals surface area contributed by atoms with E-state index in [1.807, 2.05) is 13.1 Å². The van der Waals surface area contributed by atoms with Gasteiger partial charge in [-0.05, 0) is 19.8 Å². The molecule has 5 heteroatoms. The molecule has 1 atom stereocenters. The number of aliphatic hydroxyl groups is 1. The smallest absolute Gasteiger partial charge is 0.138 e. The Hall–Kier alpha value is -1.62. The monoisotopic (exact) mass is 274 g/mol. The summed E-state index contributed by atoms with van der Waals surface area (Å²) in [4.78, 5) is 8.90. The highest BCUT2D eigenvalue weighted by Crippen LogP contribution is 2.34. The molecule has 0 unspecified atom stereocenters. The molecule has 1 aliphatic rings. The fraction of sp³-hybridized carbons (Fsp3) is 0.600. The van der Waals surface area contributed by atoms with Crippen LogP contribution < -0.4 is 5.32 Å². The third kappa shape index (κ3) is 2.26. The van der Waals surface area contributed by atoms with Crippen LogP contribution in [0, 0.1) is 0 Å². The van der Waals surface area contributed by atoms with Crippen LogP contribution in [0.3, 0.4) is 0 Å². The van der Waals surface area contributed by atoms with Gasteiger partial charge in [-0.3, -0.25) is 0 Å². The Kier molecular flexibility index (Phi) is 3.61. The van der Waals surface area contributed by atoms with Crippen LogP contribution in [0.1, 0.15) is 57.0 Å². The molecule has 0 bridgehead atoms. The second-order valence-electron chi connectivity index (χ2n) is 5.62. The van der Waals surface area contributed by atoms with Crippen LogP contribution in [-0.2, 0) is 0 Å². The lowest BCUT2D eigenvalue weighted by molar-refractivity contribution is 0.178. The lowest BCUT2D eigenvalue weighted by Gasteiger charge is -2.26. The van der Waals surface area contributed by atoms with Crippen LogP contribution in [-0.4, -0.2) is 26.7 Å². The van der Waals surface area contributed by atoms with Gasteiger partial charge in [0.05, 0.1) is 11.7 Å². The van der Waals surface area contributed by atoms with Gasteiger partial charge in [-0.1, -0.05) is 19.3 Å². The van der Waals surface area contributed by atoms with Crippen molar-refractivity contribution in [1.82, 2.24) is 14.5 Å². The highest BCUT2D eigenvalue weighted by molar-refractivity contribution is 5.78. The summed E-state index contributed by atoms with van der Waals surface area (Å²) < 4.78 is 2.24. The van der Waals surface area contributed by atoms with E-state index in [4.69, 9.17) is 0 Å². The van der Waals surface area contributed by atoms with E-state index in [2.05, 4.69) is 19.9 Å². The molecule has 1 aliphatic carbocycles. The number of anilines is 1. The van der Waals surface area contributed by atoms with Crippen LogP contribution in [0.15, 0.2) is 12.3 Å². The summed E-state index contributed by atoms with van der Waals surface area (Å²) in [6, 6.07) is 2.48. The topological polar surface area (TPSA) is 63.0 Å². The predicted octanol–water partition coefficient (Wildman–Crippen LogP) is 3.03. The van der Waals surface area contributed by atoms with Crippen LogP contribution in [0.25, 0.3) is 11.0 Å². The van der Waals surface area contributed by atoms with Gasteiger partial charge in [-0.15, -0.1) is 0 Å². The number of nitrogens with one attached hydrogen (secondary N) is 1. The molecule has 0 aliphatic heterocycles. The summed E-state index contributed by atoms with van der Waals surface area (Å²) in [5.41, 5.74) is 1.94. The maximum Gasteiger partial charge on any atom is 0.138 e. The first-order valence-electron chi connectivity index (χ1n) is 7.44. The standard InChI is InChI=1S/C15H22N4O/c1-10(20)15-18-12-9-17-14(16-2)8-13(12)19(15)11-6-4-3-5-7-11/h8-11,20H,3-7H2,1-2H3,(H,16,17)/t10-/m1/s1. The second-order valence-corrected chi connectivity index (χ2v) is 5.62. The first kappa shape index (κ1) is 13.4. The molecule has 2 N–H and O–H groups in total. The normalized spacial score (nSPS) is 18.4. The third-order valence-electron chi connectivity index (χ3n) is 4.17. The molecule has 0 saturated heterocycles. The van der Waals surface area contributed by atoms with Crippen LogP contribution >= 0.6 is 0 Å². The lowest BCUT2D eigenvalue weighted by atomic mass is 9.95. The zero-order valence-electron chi connectivity index (χ0n) is 12.1. The first-order chi connectivity index (χ1) is 9.70. The number of pyridine rings is 1. The summed E-state index contributed by atoms with van der Waals surface area (Å²) >= 11 is 0. The minimum Gasteiger partial charge on any atom is -0.385 e. The SMILES string of the molecule is CNc1cc2c(cn1)nc([C@@H](C)O)n2C1CCCCC1. The molecule has 2 aromatic heterocycles. The number of aromatic nitrogens is 3. The van der Waals surface area contributed by atoms with E-state index in [0.717, 1.165) is 22.7 Å². The number of rotatable bonds is 3. The van der Waals surface area contributed by atoms with Gasteiger partial charge in [-0.2, -0.15) is 0 Å². The average molecular weight is 274 g/mol. The van der Waals surface area contributed by atoms with E-state index >= 15 is 0 Å². The van der Waals surface area contributed by atoms with E-state index in [0.29, 0.717) is 6.04 Å². The second kappa shape index (κ2) is 5.40. The van der Waals surface area contributed by atoms with Crippen molar-refractivity contribution in [3.05, 3.63) is 18.1 Å². The Morgan fingerprint density at radius 3 is 2.75 bits per heavy atom. The molecule has 0 aromatic carbocycles. The lowest BCUT2D eigenvalue weighted by Crippen LogP contribution is -2.16. The Morgan fingerprint density at radius 1 is 1.35 bits per heavy atom. The first-order valence-corrected chi connectivity index (χ1v) is 7.44. The number of fused-ring (bicyclic) bond motifs is 1. The minimum atomic E-state index is -0.553. The molecule has 0 amide bonds. The molecule has 1 fully saturated rings. The summed E-state index contributed by atoms with van der Waals surface area (Å²) in [7, 11) is 1.87. The van der Waals surface area contributed by atoms with Crippen LogP contribution in [0.5, 0.6) is 0 Å². The highest BCUT2D eigenvalue weighted by Gasteiger charge is 2.23. The van der Waals surface area contributed by atoms with E-state index in [9.17, 15) is 5.11 Å². The van der Waals surface area contributed by atoms with Gasteiger partial charge >= 0.3 is 0 Å². The predicted molar refractivity (Wildman–Crippen MR) is 79.8 cm³/mol. The summed E-state index contributed by atoms with van der Waals surface area (Å²) in [5, 5.41) is 13.1. The maximum atomic E-state index is 10.0. The van der Waals surface area contributed by atoms with Crippen LogP contribution in [0.4, 0.5) is 5.82 Å². The zero-order chi connectivity index (χ0) is 14.1. The number of hydrogen-bond acceptors (Lipinski definition) is 4. The van der Waals surface area contributed by atoms with E-state index in [1.54, 1.807) is 13.1 Å². The van der Waals surface area contributed by atoms with Gasteiger partial charge in [0.1, 0.15) is 23.3 Å². The van der Waals surface area contributed by atoms with Crippen molar-refractivity contribution < 1.29 is 5.11 Å². The van der Waals surface area contributed by atoms with Gasteiger partial charge in [0, 0.05) is 19.2 Å². The molecule has 108 valence electrons. The van der Waals surface area contributed by atoms with E-state index in [-0.39, 0.29) is 0 Å². The van der Waals surface area contributed by atoms with Crippen molar-refractivity contribution in [2.75, 3.05) is 12.4 Å². The van der Waals surface area contributed by atoms with E-state index < -0.39 is 6.10 Å². The van der Waals surface area contributed by atoms with Crippen molar-refractivity contribution in [3.8, 4) is 0 Å². The molecule has 5 nitrogen and oxygen atoms in total. The largest absolute Gasteiger partial charge is 0.385 e. The Morgan fingerprint density at radius 2 is 2.10 bits per heavy atom. The average Bonchev–Trinajstić information content (AvgIpc) is 2.86. The van der Waals surface area contributed by atoms with Crippen molar-refractivity contribution in [3.63, 3.8) is 0 Å². The van der Waals surface area contributed by atoms with Gasteiger partial charge in [0.2, 0.25) is 0 Å². The van der Waals surface area contributed by atoms with Crippen molar-refractivity contribution in [2.24, 2.45) is 0 Å². The van der Waals surface area contributed by atoms with Crippen molar-refractivity contribution >= 4 is 16.9 Å².